The van der Waals surface area contributed by atoms with Gasteiger partial charge in [0.05, 0.1) is 17.9 Å². The number of carbonyl (C=O) groups excluding carboxylic acids is 3. The molecule has 59 heavy (non-hydrogen) atoms. The minimum atomic E-state index is -1.66. The SMILES string of the molecule is O=C(O)CN(Cc1ccccc1[N+](=O)[O-])C(=O)[C@H](CC(=O)NC(c1ccccc1)(c1ccccc1)c1ccccc1)NC(=O)OCC1c2ccccc2-c2ccccc21. The number of benzene rings is 6. The summed E-state index contributed by atoms with van der Waals surface area (Å²) in [5.41, 5.74) is 4.55. The number of alkyl carbamates (subject to hydrolysis) is 1. The van der Waals surface area contributed by atoms with Crippen molar-refractivity contribution in [2.24, 2.45) is 0 Å². The smallest absolute Gasteiger partial charge is 0.407 e. The molecule has 0 aromatic heterocycles. The highest BCUT2D eigenvalue weighted by atomic mass is 16.6. The number of rotatable bonds is 15. The molecule has 3 amide bonds. The lowest BCUT2D eigenvalue weighted by Crippen LogP contribution is -2.54. The van der Waals surface area contributed by atoms with Gasteiger partial charge < -0.3 is 25.4 Å². The van der Waals surface area contributed by atoms with E-state index in [0.29, 0.717) is 16.7 Å². The fourth-order valence-corrected chi connectivity index (χ4v) is 7.83. The molecule has 0 heterocycles. The Balaban J connectivity index is 1.22. The summed E-state index contributed by atoms with van der Waals surface area (Å²) in [7, 11) is 0. The highest BCUT2D eigenvalue weighted by Crippen LogP contribution is 2.44. The molecule has 0 radical (unpaired) electrons. The van der Waals surface area contributed by atoms with Gasteiger partial charge in [0, 0.05) is 17.5 Å². The number of hydrogen-bond donors (Lipinski definition) is 3. The Morgan fingerprint density at radius 2 is 1.17 bits per heavy atom. The number of hydrogen-bond acceptors (Lipinski definition) is 7. The van der Waals surface area contributed by atoms with Crippen LogP contribution in [0.25, 0.3) is 11.1 Å². The number of nitro groups is 1. The minimum Gasteiger partial charge on any atom is -0.480 e. The second-order valence-corrected chi connectivity index (χ2v) is 14.1. The van der Waals surface area contributed by atoms with E-state index in [1.165, 1.54) is 24.3 Å². The van der Waals surface area contributed by atoms with E-state index in [1.807, 2.05) is 140 Å². The summed E-state index contributed by atoms with van der Waals surface area (Å²) >= 11 is 0. The van der Waals surface area contributed by atoms with Gasteiger partial charge in [-0.2, -0.15) is 0 Å². The molecule has 1 atom stereocenters. The molecule has 0 fully saturated rings. The number of nitro benzene ring substituents is 1. The zero-order valence-electron chi connectivity index (χ0n) is 31.8. The number of amides is 3. The fourth-order valence-electron chi connectivity index (χ4n) is 7.83. The minimum absolute atomic E-state index is 0.0627. The van der Waals surface area contributed by atoms with Crippen LogP contribution < -0.4 is 10.6 Å². The maximum absolute atomic E-state index is 14.6. The summed E-state index contributed by atoms with van der Waals surface area (Å²) in [6.07, 6.45) is -1.66. The van der Waals surface area contributed by atoms with Gasteiger partial charge in [0.2, 0.25) is 11.8 Å². The van der Waals surface area contributed by atoms with E-state index in [9.17, 15) is 34.4 Å². The van der Waals surface area contributed by atoms with Crippen LogP contribution in [-0.4, -0.2) is 58.0 Å². The molecule has 12 nitrogen and oxygen atoms in total. The molecule has 7 rings (SSSR count). The topological polar surface area (TPSA) is 168 Å². The zero-order chi connectivity index (χ0) is 41.4. The van der Waals surface area contributed by atoms with Gasteiger partial charge in [-0.3, -0.25) is 24.5 Å². The Morgan fingerprint density at radius 1 is 0.695 bits per heavy atom. The predicted octanol–water partition coefficient (Wildman–Crippen LogP) is 7.41. The molecule has 0 saturated heterocycles. The van der Waals surface area contributed by atoms with Crippen molar-refractivity contribution in [3.8, 4) is 11.1 Å². The van der Waals surface area contributed by atoms with Crippen molar-refractivity contribution >= 4 is 29.6 Å². The zero-order valence-corrected chi connectivity index (χ0v) is 31.8. The van der Waals surface area contributed by atoms with Crippen molar-refractivity contribution in [2.75, 3.05) is 13.2 Å². The number of carbonyl (C=O) groups is 4. The van der Waals surface area contributed by atoms with Crippen LogP contribution in [0.15, 0.2) is 164 Å². The van der Waals surface area contributed by atoms with Crippen molar-refractivity contribution < 1.29 is 33.9 Å². The number of nitrogens with zero attached hydrogens (tertiary/aromatic N) is 2. The van der Waals surface area contributed by atoms with E-state index in [1.54, 1.807) is 0 Å². The van der Waals surface area contributed by atoms with Gasteiger partial charge in [-0.15, -0.1) is 0 Å². The van der Waals surface area contributed by atoms with Crippen LogP contribution in [0.1, 0.15) is 45.7 Å². The summed E-state index contributed by atoms with van der Waals surface area (Å²) < 4.78 is 5.78. The first-order chi connectivity index (χ1) is 28.7. The predicted molar refractivity (Wildman–Crippen MR) is 220 cm³/mol. The average molecular weight is 789 g/mol. The van der Waals surface area contributed by atoms with Gasteiger partial charge in [0.1, 0.15) is 24.7 Å². The van der Waals surface area contributed by atoms with Crippen LogP contribution in [0.4, 0.5) is 10.5 Å². The third kappa shape index (κ3) is 8.57. The quantitative estimate of drug-likeness (QED) is 0.0549. The van der Waals surface area contributed by atoms with Crippen LogP contribution in [0.3, 0.4) is 0 Å². The first-order valence-electron chi connectivity index (χ1n) is 19.0. The molecule has 1 aliphatic rings. The lowest BCUT2D eigenvalue weighted by atomic mass is 9.77. The van der Waals surface area contributed by atoms with E-state index >= 15 is 0 Å². The van der Waals surface area contributed by atoms with E-state index in [4.69, 9.17) is 4.74 Å². The van der Waals surface area contributed by atoms with Crippen molar-refractivity contribution in [2.45, 2.75) is 30.5 Å². The Kier molecular flexibility index (Phi) is 11.9. The van der Waals surface area contributed by atoms with Crippen molar-refractivity contribution in [3.63, 3.8) is 0 Å². The molecular weight excluding hydrogens is 749 g/mol. The number of para-hydroxylation sites is 1. The van der Waals surface area contributed by atoms with Gasteiger partial charge in [-0.25, -0.2) is 4.79 Å². The standard InChI is InChI=1S/C47H40N4O8/c52-43(49-47(33-17-4-1-5-18-33,34-19-6-2-7-20-34)35-21-8-3-9-22-35)28-41(45(55)50(30-44(53)54)29-32-16-10-15-27-42(32)51(57)58)48-46(56)59-31-40-38-25-13-11-23-36(38)37-24-12-14-26-39(37)40/h1-27,40-41H,28-31H2,(H,48,56)(H,49,52)(H,53,54)/t41-/m0/s1. The molecule has 3 N–H and O–H groups in total. The summed E-state index contributed by atoms with van der Waals surface area (Å²) in [4.78, 5) is 67.2. The highest BCUT2D eigenvalue weighted by Gasteiger charge is 2.40. The van der Waals surface area contributed by atoms with Gasteiger partial charge >= 0.3 is 12.1 Å². The second kappa shape index (κ2) is 17.7. The Bertz CT molecular complexity index is 2340. The largest absolute Gasteiger partial charge is 0.480 e. The number of ether oxygens (including phenoxy) is 1. The maximum atomic E-state index is 14.6. The molecule has 0 spiro atoms. The van der Waals surface area contributed by atoms with Crippen LogP contribution in [0, 0.1) is 10.1 Å². The monoisotopic (exact) mass is 788 g/mol. The molecule has 0 aliphatic heterocycles. The molecule has 12 heteroatoms. The highest BCUT2D eigenvalue weighted by molar-refractivity contribution is 5.93. The van der Waals surface area contributed by atoms with Crippen LogP contribution in [0.5, 0.6) is 0 Å². The molecule has 1 aliphatic carbocycles. The Hall–Kier alpha value is -7.60. The van der Waals surface area contributed by atoms with E-state index in [0.717, 1.165) is 27.2 Å². The summed E-state index contributed by atoms with van der Waals surface area (Å²) in [5.74, 6) is -3.34. The van der Waals surface area contributed by atoms with Crippen LogP contribution >= 0.6 is 0 Å². The van der Waals surface area contributed by atoms with Gasteiger partial charge in [-0.05, 0) is 38.9 Å². The van der Waals surface area contributed by atoms with Crippen molar-refractivity contribution in [1.82, 2.24) is 15.5 Å². The molecule has 0 bridgehead atoms. The lowest BCUT2D eigenvalue weighted by Gasteiger charge is -2.37. The molecule has 0 saturated carbocycles. The first kappa shape index (κ1) is 39.6. The number of carboxylic acids is 1. The molecule has 6 aromatic carbocycles. The summed E-state index contributed by atoms with van der Waals surface area (Å²) in [5, 5.41) is 27.6. The number of carboxylic acid groups (broad SMARTS) is 1. The van der Waals surface area contributed by atoms with Crippen LogP contribution in [-0.2, 0) is 31.2 Å². The fraction of sp³-hybridized carbons (Fsp3) is 0.149. The Morgan fingerprint density at radius 3 is 1.68 bits per heavy atom. The maximum Gasteiger partial charge on any atom is 0.407 e. The molecule has 296 valence electrons. The van der Waals surface area contributed by atoms with Gasteiger partial charge in [0.25, 0.3) is 5.69 Å². The van der Waals surface area contributed by atoms with E-state index < -0.39 is 59.9 Å². The van der Waals surface area contributed by atoms with E-state index in [2.05, 4.69) is 10.6 Å². The second-order valence-electron chi connectivity index (χ2n) is 14.1. The van der Waals surface area contributed by atoms with E-state index in [-0.39, 0.29) is 23.8 Å². The van der Waals surface area contributed by atoms with Crippen molar-refractivity contribution in [1.29, 1.82) is 0 Å². The number of nitrogens with one attached hydrogen (secondary N) is 2. The normalized spacial score (nSPS) is 12.3. The van der Waals surface area contributed by atoms with Gasteiger partial charge in [-0.1, -0.05) is 158 Å². The number of fused-ring (bicyclic) bond motifs is 3. The first-order valence-corrected chi connectivity index (χ1v) is 19.0. The lowest BCUT2D eigenvalue weighted by molar-refractivity contribution is -0.385. The van der Waals surface area contributed by atoms with Crippen molar-refractivity contribution in [3.05, 3.63) is 207 Å². The van der Waals surface area contributed by atoms with Gasteiger partial charge in [0.15, 0.2) is 0 Å². The third-order valence-corrected chi connectivity index (χ3v) is 10.5. The molecule has 0 unspecified atom stereocenters. The summed E-state index contributed by atoms with van der Waals surface area (Å²) in [6.45, 7) is -1.47. The third-order valence-electron chi connectivity index (χ3n) is 10.5. The number of aliphatic carboxylic acids is 1. The summed E-state index contributed by atoms with van der Waals surface area (Å²) in [6, 6.07) is 47.5. The average Bonchev–Trinajstić information content (AvgIpc) is 3.58. The molecule has 6 aromatic rings. The Labute approximate surface area is 340 Å². The van der Waals surface area contributed by atoms with Crippen LogP contribution in [0.2, 0.25) is 0 Å². The molecular formula is C47H40N4O8.